The van der Waals surface area contributed by atoms with Gasteiger partial charge < -0.3 is 15.4 Å². The van der Waals surface area contributed by atoms with E-state index >= 15 is 0 Å². The monoisotopic (exact) mass is 314 g/mol. The van der Waals surface area contributed by atoms with Crippen molar-refractivity contribution in [2.75, 3.05) is 17.2 Å². The molecule has 2 rings (SSSR count). The van der Waals surface area contributed by atoms with Crippen LogP contribution in [0.2, 0.25) is 0 Å². The molecule has 124 valence electrons. The van der Waals surface area contributed by atoms with Gasteiger partial charge in [0.1, 0.15) is 11.6 Å². The van der Waals surface area contributed by atoms with E-state index in [4.69, 9.17) is 4.74 Å². The summed E-state index contributed by atoms with van der Waals surface area (Å²) in [5.74, 6) is 2.19. The second kappa shape index (κ2) is 8.98. The van der Waals surface area contributed by atoms with Crippen LogP contribution < -0.4 is 15.4 Å². The lowest BCUT2D eigenvalue weighted by Crippen LogP contribution is -2.08. The molecule has 0 aliphatic carbocycles. The van der Waals surface area contributed by atoms with Gasteiger partial charge in [-0.25, -0.2) is 4.98 Å². The molecule has 1 aromatic heterocycles. The Hall–Kier alpha value is -2.30. The number of ether oxygens (including phenoxy) is 1. The standard InChI is InChI=1S/C18H26N4O/c1-4-5-8-12-19-17-11-13-20-18(22-17)21-15-9-6-7-10-16(15)23-14(2)3/h6-7,9-11,13-14H,4-5,8,12H2,1-3H3,(H2,19,20,21,22). The molecule has 23 heavy (non-hydrogen) atoms. The summed E-state index contributed by atoms with van der Waals surface area (Å²) in [6.45, 7) is 7.14. The number of aromatic nitrogens is 2. The molecule has 0 aliphatic rings. The van der Waals surface area contributed by atoms with Crippen LogP contribution in [0.4, 0.5) is 17.5 Å². The number of hydrogen-bond acceptors (Lipinski definition) is 5. The number of rotatable bonds is 9. The zero-order chi connectivity index (χ0) is 16.5. The number of benzene rings is 1. The third kappa shape index (κ3) is 5.77. The Morgan fingerprint density at radius 3 is 2.74 bits per heavy atom. The number of hydrogen-bond donors (Lipinski definition) is 2. The van der Waals surface area contributed by atoms with Gasteiger partial charge in [-0.2, -0.15) is 4.98 Å². The van der Waals surface area contributed by atoms with Crippen LogP contribution in [0.1, 0.15) is 40.0 Å². The molecule has 1 aromatic carbocycles. The highest BCUT2D eigenvalue weighted by Gasteiger charge is 2.07. The Bertz CT molecular complexity index is 601. The summed E-state index contributed by atoms with van der Waals surface area (Å²) in [5, 5.41) is 6.56. The van der Waals surface area contributed by atoms with Crippen LogP contribution in [0, 0.1) is 0 Å². The first-order chi connectivity index (χ1) is 11.2. The van der Waals surface area contributed by atoms with E-state index in [0.29, 0.717) is 5.95 Å². The van der Waals surface area contributed by atoms with Gasteiger partial charge in [-0.3, -0.25) is 0 Å². The van der Waals surface area contributed by atoms with Crippen LogP contribution in [0.15, 0.2) is 36.5 Å². The van der Waals surface area contributed by atoms with Gasteiger partial charge >= 0.3 is 0 Å². The van der Waals surface area contributed by atoms with Gasteiger partial charge in [-0.05, 0) is 38.5 Å². The Balaban J connectivity index is 2.03. The van der Waals surface area contributed by atoms with Gasteiger partial charge in [0.15, 0.2) is 0 Å². The van der Waals surface area contributed by atoms with Crippen molar-refractivity contribution in [2.24, 2.45) is 0 Å². The second-order valence-electron chi connectivity index (χ2n) is 5.69. The first-order valence-corrected chi connectivity index (χ1v) is 8.28. The van der Waals surface area contributed by atoms with Crippen LogP contribution in [0.3, 0.4) is 0 Å². The maximum atomic E-state index is 5.81. The van der Waals surface area contributed by atoms with E-state index in [-0.39, 0.29) is 6.10 Å². The Morgan fingerprint density at radius 2 is 1.96 bits per heavy atom. The lowest BCUT2D eigenvalue weighted by molar-refractivity contribution is 0.244. The normalized spacial score (nSPS) is 10.6. The van der Waals surface area contributed by atoms with E-state index in [1.165, 1.54) is 12.8 Å². The number of para-hydroxylation sites is 2. The van der Waals surface area contributed by atoms with Gasteiger partial charge in [0.2, 0.25) is 5.95 Å². The molecular weight excluding hydrogens is 288 g/mol. The lowest BCUT2D eigenvalue weighted by Gasteiger charge is -2.15. The molecule has 5 heteroatoms. The van der Waals surface area contributed by atoms with Crippen LogP contribution in [0.5, 0.6) is 5.75 Å². The first-order valence-electron chi connectivity index (χ1n) is 8.28. The molecule has 0 atom stereocenters. The molecule has 0 bridgehead atoms. The molecule has 0 saturated carbocycles. The van der Waals surface area contributed by atoms with Crippen molar-refractivity contribution in [1.82, 2.24) is 9.97 Å². The molecule has 0 spiro atoms. The average molecular weight is 314 g/mol. The number of anilines is 3. The maximum absolute atomic E-state index is 5.81. The highest BCUT2D eigenvalue weighted by Crippen LogP contribution is 2.27. The molecule has 5 nitrogen and oxygen atoms in total. The first kappa shape index (κ1) is 17.1. The summed E-state index contributed by atoms with van der Waals surface area (Å²) in [5.41, 5.74) is 0.865. The van der Waals surface area contributed by atoms with E-state index in [2.05, 4.69) is 27.5 Å². The van der Waals surface area contributed by atoms with E-state index in [1.807, 2.05) is 44.2 Å². The van der Waals surface area contributed by atoms with Gasteiger partial charge in [0, 0.05) is 12.7 Å². The fourth-order valence-electron chi connectivity index (χ4n) is 2.16. The van der Waals surface area contributed by atoms with Crippen molar-refractivity contribution >= 4 is 17.5 Å². The van der Waals surface area contributed by atoms with Crippen molar-refractivity contribution in [2.45, 2.75) is 46.1 Å². The van der Waals surface area contributed by atoms with E-state index < -0.39 is 0 Å². The van der Waals surface area contributed by atoms with Crippen LogP contribution in [-0.2, 0) is 0 Å². The SMILES string of the molecule is CCCCCNc1ccnc(Nc2ccccc2OC(C)C)n1. The fraction of sp³-hybridized carbons (Fsp3) is 0.444. The van der Waals surface area contributed by atoms with E-state index in [9.17, 15) is 0 Å². The molecular formula is C18H26N4O. The van der Waals surface area contributed by atoms with Gasteiger partial charge in [-0.15, -0.1) is 0 Å². The summed E-state index contributed by atoms with van der Waals surface area (Å²) in [7, 11) is 0. The molecule has 0 saturated heterocycles. The smallest absolute Gasteiger partial charge is 0.229 e. The summed E-state index contributed by atoms with van der Waals surface area (Å²) < 4.78 is 5.81. The minimum absolute atomic E-state index is 0.116. The predicted octanol–water partition coefficient (Wildman–Crippen LogP) is 4.61. The summed E-state index contributed by atoms with van der Waals surface area (Å²) in [6, 6.07) is 9.70. The second-order valence-corrected chi connectivity index (χ2v) is 5.69. The van der Waals surface area contributed by atoms with Crippen LogP contribution >= 0.6 is 0 Å². The fourth-order valence-corrected chi connectivity index (χ4v) is 2.16. The molecule has 1 heterocycles. The molecule has 2 N–H and O–H groups in total. The number of nitrogens with one attached hydrogen (secondary N) is 2. The Labute approximate surface area is 138 Å². The van der Waals surface area contributed by atoms with Crippen molar-refractivity contribution in [1.29, 1.82) is 0 Å². The van der Waals surface area contributed by atoms with Crippen molar-refractivity contribution in [3.8, 4) is 5.75 Å². The van der Waals surface area contributed by atoms with Crippen molar-refractivity contribution in [3.05, 3.63) is 36.5 Å². The summed E-state index contributed by atoms with van der Waals surface area (Å²) in [6.07, 6.45) is 5.46. The Morgan fingerprint density at radius 1 is 1.13 bits per heavy atom. The van der Waals surface area contributed by atoms with Gasteiger partial charge in [0.25, 0.3) is 0 Å². The molecule has 0 aliphatic heterocycles. The average Bonchev–Trinajstić information content (AvgIpc) is 2.53. The van der Waals surface area contributed by atoms with Crippen LogP contribution in [-0.4, -0.2) is 22.6 Å². The summed E-state index contributed by atoms with van der Waals surface area (Å²) >= 11 is 0. The lowest BCUT2D eigenvalue weighted by atomic mass is 10.2. The Kier molecular flexibility index (Phi) is 6.66. The van der Waals surface area contributed by atoms with Crippen molar-refractivity contribution in [3.63, 3.8) is 0 Å². The predicted molar refractivity (Wildman–Crippen MR) is 95.5 cm³/mol. The summed E-state index contributed by atoms with van der Waals surface area (Å²) in [4.78, 5) is 8.78. The molecule has 2 aromatic rings. The minimum atomic E-state index is 0.116. The van der Waals surface area contributed by atoms with E-state index in [1.54, 1.807) is 6.20 Å². The molecule has 0 unspecified atom stereocenters. The molecule has 0 radical (unpaired) electrons. The highest BCUT2D eigenvalue weighted by atomic mass is 16.5. The number of unbranched alkanes of at least 4 members (excludes halogenated alkanes) is 2. The van der Waals surface area contributed by atoms with Crippen molar-refractivity contribution < 1.29 is 4.74 Å². The zero-order valence-corrected chi connectivity index (χ0v) is 14.2. The largest absolute Gasteiger partial charge is 0.489 e. The number of nitrogens with zero attached hydrogens (tertiary/aromatic N) is 2. The third-order valence-corrected chi connectivity index (χ3v) is 3.24. The third-order valence-electron chi connectivity index (χ3n) is 3.24. The zero-order valence-electron chi connectivity index (χ0n) is 14.2. The van der Waals surface area contributed by atoms with E-state index in [0.717, 1.165) is 30.2 Å². The molecule has 0 fully saturated rings. The quantitative estimate of drug-likeness (QED) is 0.662. The maximum Gasteiger partial charge on any atom is 0.229 e. The van der Waals surface area contributed by atoms with Crippen LogP contribution in [0.25, 0.3) is 0 Å². The highest BCUT2D eigenvalue weighted by molar-refractivity contribution is 5.62. The van der Waals surface area contributed by atoms with Gasteiger partial charge in [0.05, 0.1) is 11.8 Å². The molecule has 0 amide bonds. The van der Waals surface area contributed by atoms with Gasteiger partial charge in [-0.1, -0.05) is 31.9 Å². The minimum Gasteiger partial charge on any atom is -0.489 e. The topological polar surface area (TPSA) is 59.1 Å².